The van der Waals surface area contributed by atoms with Gasteiger partial charge in [0.15, 0.2) is 0 Å². The molecule has 1 atom stereocenters. The molecule has 0 radical (unpaired) electrons. The topological polar surface area (TPSA) is 20.3 Å². The summed E-state index contributed by atoms with van der Waals surface area (Å²) in [7, 11) is 0. The van der Waals surface area contributed by atoms with Crippen molar-refractivity contribution in [3.63, 3.8) is 0 Å². The van der Waals surface area contributed by atoms with E-state index < -0.39 is 0 Å². The van der Waals surface area contributed by atoms with Crippen molar-refractivity contribution in [2.24, 2.45) is 5.92 Å². The molecule has 14 heavy (non-hydrogen) atoms. The highest BCUT2D eigenvalue weighted by molar-refractivity contribution is 5.76. The summed E-state index contributed by atoms with van der Waals surface area (Å²) in [6, 6.07) is 0.575. The highest BCUT2D eigenvalue weighted by Gasteiger charge is 2.28. The summed E-state index contributed by atoms with van der Waals surface area (Å²) in [6.45, 7) is 4.19. The average Bonchev–Trinajstić information content (AvgIpc) is 2.85. The molecule has 1 saturated carbocycles. The van der Waals surface area contributed by atoms with Crippen molar-refractivity contribution in [3.05, 3.63) is 0 Å². The monoisotopic (exact) mass is 195 g/mol. The van der Waals surface area contributed by atoms with Crippen molar-refractivity contribution in [2.45, 2.75) is 51.5 Å². The van der Waals surface area contributed by atoms with Crippen molar-refractivity contribution in [1.29, 1.82) is 0 Å². The van der Waals surface area contributed by atoms with Gasteiger partial charge in [-0.25, -0.2) is 0 Å². The quantitative estimate of drug-likeness (QED) is 0.670. The van der Waals surface area contributed by atoms with Gasteiger partial charge in [-0.05, 0) is 45.2 Å². The summed E-state index contributed by atoms with van der Waals surface area (Å²) in [5, 5.41) is 0. The molecule has 1 aliphatic carbocycles. The van der Waals surface area contributed by atoms with Crippen LogP contribution in [0.5, 0.6) is 0 Å². The van der Waals surface area contributed by atoms with Crippen molar-refractivity contribution < 1.29 is 4.79 Å². The molecule has 0 aromatic rings. The van der Waals surface area contributed by atoms with Crippen LogP contribution in [0, 0.1) is 5.92 Å². The van der Waals surface area contributed by atoms with E-state index in [0.29, 0.717) is 11.8 Å². The minimum atomic E-state index is 0.355. The van der Waals surface area contributed by atoms with Gasteiger partial charge in [-0.3, -0.25) is 9.69 Å². The van der Waals surface area contributed by atoms with Crippen LogP contribution in [0.15, 0.2) is 0 Å². The van der Waals surface area contributed by atoms with Gasteiger partial charge in [-0.2, -0.15) is 0 Å². The third kappa shape index (κ3) is 2.81. The van der Waals surface area contributed by atoms with Gasteiger partial charge < -0.3 is 0 Å². The van der Waals surface area contributed by atoms with E-state index in [4.69, 9.17) is 0 Å². The summed E-state index contributed by atoms with van der Waals surface area (Å²) in [6.07, 6.45) is 7.59. The third-order valence-electron chi connectivity index (χ3n) is 3.54. The highest BCUT2D eigenvalue weighted by Crippen LogP contribution is 2.33. The maximum Gasteiger partial charge on any atom is 0.131 e. The fourth-order valence-electron chi connectivity index (χ4n) is 2.51. The number of nitrogens with zero attached hydrogens (tertiary/aromatic N) is 1. The zero-order chi connectivity index (χ0) is 9.97. The van der Waals surface area contributed by atoms with Crippen LogP contribution in [0.2, 0.25) is 0 Å². The standard InChI is InChI=1S/C12H21NO/c1-10(14)9-12-3-2-7-13(12)8-6-11-4-5-11/h11-12H,2-9H2,1H3. The minimum absolute atomic E-state index is 0.355. The second kappa shape index (κ2) is 4.43. The maximum atomic E-state index is 11.1. The molecular formula is C12H21NO. The summed E-state index contributed by atoms with van der Waals surface area (Å²) in [5.74, 6) is 1.38. The van der Waals surface area contributed by atoms with E-state index in [1.807, 2.05) is 0 Å². The normalized spacial score (nSPS) is 28.2. The molecule has 2 nitrogen and oxygen atoms in total. The molecule has 0 aromatic heterocycles. The molecule has 0 spiro atoms. The van der Waals surface area contributed by atoms with E-state index in [-0.39, 0.29) is 0 Å². The molecule has 1 heterocycles. The molecule has 2 aliphatic rings. The molecule has 0 aromatic carbocycles. The van der Waals surface area contributed by atoms with Gasteiger partial charge in [0.2, 0.25) is 0 Å². The summed E-state index contributed by atoms with van der Waals surface area (Å²) in [5.41, 5.74) is 0. The molecule has 2 heteroatoms. The first-order chi connectivity index (χ1) is 6.75. The van der Waals surface area contributed by atoms with Gasteiger partial charge in [0.25, 0.3) is 0 Å². The zero-order valence-corrected chi connectivity index (χ0v) is 9.17. The molecular weight excluding hydrogens is 174 g/mol. The summed E-state index contributed by atoms with van der Waals surface area (Å²) < 4.78 is 0. The smallest absolute Gasteiger partial charge is 0.131 e. The van der Waals surface area contributed by atoms with Crippen LogP contribution in [-0.4, -0.2) is 29.8 Å². The molecule has 1 aliphatic heterocycles. The number of carbonyl (C=O) groups excluding carboxylic acids is 1. The Morgan fingerprint density at radius 3 is 2.79 bits per heavy atom. The predicted molar refractivity (Wildman–Crippen MR) is 57.2 cm³/mol. The Balaban J connectivity index is 1.73. The van der Waals surface area contributed by atoms with Gasteiger partial charge in [-0.1, -0.05) is 12.8 Å². The molecule has 1 unspecified atom stereocenters. The Kier molecular flexibility index (Phi) is 3.22. The number of hydrogen-bond donors (Lipinski definition) is 0. The van der Waals surface area contributed by atoms with Crippen molar-refractivity contribution in [3.8, 4) is 0 Å². The van der Waals surface area contributed by atoms with Gasteiger partial charge in [0.1, 0.15) is 5.78 Å². The third-order valence-corrected chi connectivity index (χ3v) is 3.54. The second-order valence-electron chi connectivity index (χ2n) is 4.97. The molecule has 1 saturated heterocycles. The van der Waals surface area contributed by atoms with E-state index in [0.717, 1.165) is 12.3 Å². The maximum absolute atomic E-state index is 11.1. The van der Waals surface area contributed by atoms with Gasteiger partial charge in [0, 0.05) is 12.5 Å². The number of rotatable bonds is 5. The molecule has 2 fully saturated rings. The Hall–Kier alpha value is -0.370. The molecule has 0 amide bonds. The Labute approximate surface area is 86.7 Å². The van der Waals surface area contributed by atoms with Crippen molar-refractivity contribution in [2.75, 3.05) is 13.1 Å². The molecule has 0 N–H and O–H groups in total. The molecule has 0 bridgehead atoms. The average molecular weight is 195 g/mol. The van der Waals surface area contributed by atoms with E-state index >= 15 is 0 Å². The van der Waals surface area contributed by atoms with Gasteiger partial charge in [0.05, 0.1) is 0 Å². The van der Waals surface area contributed by atoms with Crippen molar-refractivity contribution >= 4 is 5.78 Å². The molecule has 80 valence electrons. The van der Waals surface area contributed by atoms with Crippen LogP contribution in [-0.2, 0) is 4.79 Å². The largest absolute Gasteiger partial charge is 0.300 e. The lowest BCUT2D eigenvalue weighted by molar-refractivity contribution is -0.118. The lowest BCUT2D eigenvalue weighted by Gasteiger charge is -2.23. The second-order valence-corrected chi connectivity index (χ2v) is 4.97. The molecule has 2 rings (SSSR count). The van der Waals surface area contributed by atoms with Crippen LogP contribution in [0.25, 0.3) is 0 Å². The lowest BCUT2D eigenvalue weighted by atomic mass is 10.1. The summed E-state index contributed by atoms with van der Waals surface area (Å²) >= 11 is 0. The van der Waals surface area contributed by atoms with E-state index in [1.54, 1.807) is 6.92 Å². The van der Waals surface area contributed by atoms with Crippen LogP contribution < -0.4 is 0 Å². The highest BCUT2D eigenvalue weighted by atomic mass is 16.1. The fourth-order valence-corrected chi connectivity index (χ4v) is 2.51. The van der Waals surface area contributed by atoms with Crippen LogP contribution >= 0.6 is 0 Å². The Bertz CT molecular complexity index is 210. The number of ketones is 1. The van der Waals surface area contributed by atoms with Crippen LogP contribution in [0.4, 0.5) is 0 Å². The van der Waals surface area contributed by atoms with E-state index in [2.05, 4.69) is 4.90 Å². The number of likely N-dealkylation sites (tertiary alicyclic amines) is 1. The fraction of sp³-hybridized carbons (Fsp3) is 0.917. The summed E-state index contributed by atoms with van der Waals surface area (Å²) in [4.78, 5) is 13.6. The first kappa shape index (κ1) is 10.2. The minimum Gasteiger partial charge on any atom is -0.300 e. The number of Topliss-reactive ketones (excluding diaryl/α,β-unsaturated/α-hetero) is 1. The SMILES string of the molecule is CC(=O)CC1CCCN1CCC1CC1. The first-order valence-electron chi connectivity index (χ1n) is 5.99. The lowest BCUT2D eigenvalue weighted by Crippen LogP contribution is -2.32. The van der Waals surface area contributed by atoms with Gasteiger partial charge >= 0.3 is 0 Å². The zero-order valence-electron chi connectivity index (χ0n) is 9.17. The van der Waals surface area contributed by atoms with E-state index in [9.17, 15) is 4.79 Å². The van der Waals surface area contributed by atoms with E-state index in [1.165, 1.54) is 45.2 Å². The Morgan fingerprint density at radius 1 is 1.36 bits per heavy atom. The number of hydrogen-bond acceptors (Lipinski definition) is 2. The van der Waals surface area contributed by atoms with Gasteiger partial charge in [-0.15, -0.1) is 0 Å². The number of carbonyl (C=O) groups is 1. The Morgan fingerprint density at radius 2 is 2.14 bits per heavy atom. The van der Waals surface area contributed by atoms with Crippen LogP contribution in [0.1, 0.15) is 45.4 Å². The first-order valence-corrected chi connectivity index (χ1v) is 5.99. The predicted octanol–water partition coefficient (Wildman–Crippen LogP) is 2.23. The van der Waals surface area contributed by atoms with Crippen molar-refractivity contribution in [1.82, 2.24) is 4.90 Å². The van der Waals surface area contributed by atoms with Crippen LogP contribution in [0.3, 0.4) is 0 Å².